The van der Waals surface area contributed by atoms with Gasteiger partial charge >= 0.3 is 0 Å². The molecule has 0 saturated carbocycles. The highest BCUT2D eigenvalue weighted by atomic mass is 16.3. The number of nitrogen functional groups attached to an aromatic ring is 1. The number of anilines is 1. The lowest BCUT2D eigenvalue weighted by Crippen LogP contribution is -1.98. The van der Waals surface area contributed by atoms with Gasteiger partial charge in [-0.2, -0.15) is 0 Å². The normalized spacial score (nSPS) is 11.7. The number of aromatic nitrogens is 1. The van der Waals surface area contributed by atoms with E-state index in [1.54, 1.807) is 6.07 Å². The molecule has 2 N–H and O–H groups in total. The van der Waals surface area contributed by atoms with E-state index < -0.39 is 0 Å². The molecule has 0 spiro atoms. The minimum Gasteiger partial charge on any atom is -0.454 e. The Kier molecular flexibility index (Phi) is 5.28. The van der Waals surface area contributed by atoms with Crippen LogP contribution in [0.2, 0.25) is 0 Å². The van der Waals surface area contributed by atoms with E-state index in [1.807, 2.05) is 0 Å². The molecule has 6 rings (SSSR count). The van der Waals surface area contributed by atoms with E-state index in [1.165, 1.54) is 33.1 Å². The van der Waals surface area contributed by atoms with Crippen LogP contribution >= 0.6 is 0 Å². The minimum atomic E-state index is 0.604. The Labute approximate surface area is 205 Å². The fourth-order valence-electron chi connectivity index (χ4n) is 5.08. The third kappa shape index (κ3) is 3.55. The lowest BCUT2D eigenvalue weighted by Gasteiger charge is -2.12. The second kappa shape index (κ2) is 8.74. The summed E-state index contributed by atoms with van der Waals surface area (Å²) in [6.07, 6.45) is 6.99. The predicted octanol–water partition coefficient (Wildman–Crippen LogP) is 7.92. The van der Waals surface area contributed by atoms with Crippen LogP contribution in [0.3, 0.4) is 0 Å². The van der Waals surface area contributed by atoms with Crippen molar-refractivity contribution < 1.29 is 4.42 Å². The quantitative estimate of drug-likeness (QED) is 0.278. The first-order valence-electron chi connectivity index (χ1n) is 12.1. The molecule has 3 nitrogen and oxygen atoms in total. The maximum absolute atomic E-state index is 6.17. The summed E-state index contributed by atoms with van der Waals surface area (Å²) < 4.78 is 8.55. The highest BCUT2D eigenvalue weighted by Gasteiger charge is 2.15. The number of hydrogen-bond acceptors (Lipinski definition) is 2. The molecule has 0 radical (unpaired) electrons. The Balaban J connectivity index is 1.42. The van der Waals surface area contributed by atoms with Crippen molar-refractivity contribution in [1.82, 2.24) is 4.57 Å². The summed E-state index contributed by atoms with van der Waals surface area (Å²) in [5.41, 5.74) is 13.5. The van der Waals surface area contributed by atoms with E-state index in [4.69, 9.17) is 10.2 Å². The summed E-state index contributed by atoms with van der Waals surface area (Å²) in [5.74, 6) is 0.860. The number of benzene rings is 3. The molecule has 0 atom stereocenters. The van der Waals surface area contributed by atoms with E-state index in [0.29, 0.717) is 11.3 Å². The number of nitrogens with two attached hydrogens (primary N) is 1. The molecule has 3 heteroatoms. The topological polar surface area (TPSA) is 44.1 Å². The van der Waals surface area contributed by atoms with Gasteiger partial charge in [-0.15, -0.1) is 0 Å². The third-order valence-electron chi connectivity index (χ3n) is 6.64. The molecule has 0 aliphatic rings. The number of allylic oxidation sites excluding steroid dienone is 1. The van der Waals surface area contributed by atoms with Gasteiger partial charge in [-0.05, 0) is 42.7 Å². The first-order valence-corrected chi connectivity index (χ1v) is 12.1. The van der Waals surface area contributed by atoms with Crippen LogP contribution in [0.25, 0.3) is 44.5 Å². The van der Waals surface area contributed by atoms with Crippen molar-refractivity contribution >= 4 is 44.5 Å². The zero-order valence-corrected chi connectivity index (χ0v) is 19.7. The zero-order chi connectivity index (χ0) is 23.8. The van der Waals surface area contributed by atoms with Gasteiger partial charge in [0.2, 0.25) is 0 Å². The van der Waals surface area contributed by atoms with Crippen LogP contribution in [0.1, 0.15) is 30.2 Å². The third-order valence-corrected chi connectivity index (χ3v) is 6.64. The van der Waals surface area contributed by atoms with Gasteiger partial charge in [0.15, 0.2) is 5.58 Å². The van der Waals surface area contributed by atoms with Crippen LogP contribution < -0.4 is 5.73 Å². The van der Waals surface area contributed by atoms with Crippen molar-refractivity contribution in [2.24, 2.45) is 0 Å². The van der Waals surface area contributed by atoms with Gasteiger partial charge in [-0.1, -0.05) is 86.2 Å². The van der Waals surface area contributed by atoms with E-state index >= 15 is 0 Å². The second-order valence-electron chi connectivity index (χ2n) is 8.87. The summed E-state index contributed by atoms with van der Waals surface area (Å²) in [4.78, 5) is 0. The molecule has 2 aromatic heterocycles. The minimum absolute atomic E-state index is 0.604. The van der Waals surface area contributed by atoms with Crippen LogP contribution in [0.5, 0.6) is 0 Å². The van der Waals surface area contributed by atoms with Gasteiger partial charge < -0.3 is 14.7 Å². The largest absolute Gasteiger partial charge is 0.454 e. The lowest BCUT2D eigenvalue weighted by atomic mass is 10.0. The van der Waals surface area contributed by atoms with Crippen LogP contribution in [-0.2, 0) is 12.8 Å². The van der Waals surface area contributed by atoms with Crippen molar-refractivity contribution in [1.29, 1.82) is 0 Å². The Hall–Kier alpha value is -4.42. The van der Waals surface area contributed by atoms with Crippen LogP contribution in [0, 0.1) is 12.1 Å². The summed E-state index contributed by atoms with van der Waals surface area (Å²) in [6, 6.07) is 33.8. The van der Waals surface area contributed by atoms with E-state index in [9.17, 15) is 0 Å². The van der Waals surface area contributed by atoms with Gasteiger partial charge in [0, 0.05) is 28.1 Å². The van der Waals surface area contributed by atoms with Crippen molar-refractivity contribution in [3.8, 4) is 5.69 Å². The van der Waals surface area contributed by atoms with Crippen molar-refractivity contribution in [2.45, 2.75) is 26.2 Å². The van der Waals surface area contributed by atoms with Crippen molar-refractivity contribution in [3.63, 3.8) is 0 Å². The van der Waals surface area contributed by atoms with Crippen LogP contribution in [0.15, 0.2) is 89.4 Å². The molecule has 4 aromatic carbocycles. The van der Waals surface area contributed by atoms with E-state index in [2.05, 4.69) is 109 Å². The highest BCUT2D eigenvalue weighted by Crippen LogP contribution is 2.34. The van der Waals surface area contributed by atoms with Crippen molar-refractivity contribution in [3.05, 3.63) is 114 Å². The molecule has 0 aliphatic heterocycles. The van der Waals surface area contributed by atoms with Crippen LogP contribution in [-0.4, -0.2) is 4.57 Å². The van der Waals surface area contributed by atoms with E-state index in [0.717, 1.165) is 36.0 Å². The maximum atomic E-state index is 6.17. The monoisotopic (exact) mass is 454 g/mol. The zero-order valence-electron chi connectivity index (χ0n) is 19.7. The Morgan fingerprint density at radius 3 is 2.34 bits per heavy atom. The first kappa shape index (κ1) is 21.1. The molecule has 6 aromatic rings. The lowest BCUT2D eigenvalue weighted by molar-refractivity contribution is 0.598. The molecule has 0 amide bonds. The fraction of sp³-hybridized carbons (Fsp3) is 0.125. The molecular formula is C32H26N2O. The smallest absolute Gasteiger partial charge is 0.167 e. The first-order chi connectivity index (χ1) is 17.3. The summed E-state index contributed by atoms with van der Waals surface area (Å²) in [5, 5.41) is 3.48. The molecule has 170 valence electrons. The number of nitrogens with zero attached hydrogens (tertiary/aromatic N) is 1. The molecule has 0 saturated heterocycles. The molecular weight excluding hydrogens is 428 g/mol. The standard InChI is InChI=1S/C32H26N2O/c1-2-11-25-26-16-10-17-27(33)32(26)35-31(25)21-9-13-22-12-3-6-18-28(22)34-29-19-7-4-14-23(29)24-15-5-8-20-30(24)34/h3-9,12,14-15,17-21H,2,11,13,33H2,1H3/b21-9-. The SMILES string of the molecule is CCCc1c(/C=C\Cc2ccccc2-n2c3ccccc3c3ccccc32)oc2c(N)cc#cc12. The second-order valence-corrected chi connectivity index (χ2v) is 8.87. The fourth-order valence-corrected chi connectivity index (χ4v) is 5.08. The average Bonchev–Trinajstić information content (AvgIpc) is 3.41. The van der Waals surface area contributed by atoms with Crippen molar-refractivity contribution in [2.75, 3.05) is 5.73 Å². The summed E-state index contributed by atoms with van der Waals surface area (Å²) in [6.45, 7) is 2.17. The molecule has 0 fully saturated rings. The number of fused-ring (bicyclic) bond motifs is 4. The molecule has 0 aliphatic carbocycles. The van der Waals surface area contributed by atoms with Gasteiger partial charge in [0.25, 0.3) is 0 Å². The van der Waals surface area contributed by atoms with E-state index in [-0.39, 0.29) is 0 Å². The Morgan fingerprint density at radius 2 is 1.60 bits per heavy atom. The summed E-state index contributed by atoms with van der Waals surface area (Å²) >= 11 is 0. The Morgan fingerprint density at radius 1 is 0.914 bits per heavy atom. The summed E-state index contributed by atoms with van der Waals surface area (Å²) in [7, 11) is 0. The molecule has 35 heavy (non-hydrogen) atoms. The predicted molar refractivity (Wildman–Crippen MR) is 146 cm³/mol. The molecule has 0 bridgehead atoms. The number of rotatable bonds is 6. The number of furan rings is 1. The van der Waals surface area contributed by atoms with Gasteiger partial charge in [0.1, 0.15) is 5.76 Å². The number of aryl methyl sites for hydroxylation is 1. The Bertz CT molecular complexity index is 1650. The average molecular weight is 455 g/mol. The number of para-hydroxylation sites is 3. The molecule has 0 unspecified atom stereocenters. The van der Waals surface area contributed by atoms with Gasteiger partial charge in [-0.3, -0.25) is 0 Å². The molecule has 2 heterocycles. The van der Waals surface area contributed by atoms with Gasteiger partial charge in [-0.25, -0.2) is 0 Å². The van der Waals surface area contributed by atoms with Gasteiger partial charge in [0.05, 0.1) is 22.1 Å². The highest BCUT2D eigenvalue weighted by molar-refractivity contribution is 6.09. The van der Waals surface area contributed by atoms with Crippen LogP contribution in [0.4, 0.5) is 5.69 Å². The number of hydrogen-bond donors (Lipinski definition) is 1. The maximum Gasteiger partial charge on any atom is 0.167 e.